The third-order valence-corrected chi connectivity index (χ3v) is 6.82. The summed E-state index contributed by atoms with van der Waals surface area (Å²) < 4.78 is 19.7. The van der Waals surface area contributed by atoms with Crippen LogP contribution in [0.5, 0.6) is 5.75 Å². The predicted molar refractivity (Wildman–Crippen MR) is 127 cm³/mol. The summed E-state index contributed by atoms with van der Waals surface area (Å²) in [6, 6.07) is 16.7. The van der Waals surface area contributed by atoms with Gasteiger partial charge in [-0.3, -0.25) is 9.59 Å². The van der Waals surface area contributed by atoms with Gasteiger partial charge in [0.1, 0.15) is 24.7 Å². The van der Waals surface area contributed by atoms with Crippen LogP contribution in [-0.4, -0.2) is 47.4 Å². The van der Waals surface area contributed by atoms with E-state index in [1.165, 1.54) is 28.0 Å². The Balaban J connectivity index is 1.53. The number of hydrogen-bond donors (Lipinski definition) is 0. The molecule has 1 aliphatic heterocycles. The molecule has 0 aliphatic carbocycles. The van der Waals surface area contributed by atoms with Gasteiger partial charge in [0.15, 0.2) is 0 Å². The molecule has 2 heterocycles. The summed E-state index contributed by atoms with van der Waals surface area (Å²) in [6.45, 7) is 4.53. The number of para-hydroxylation sites is 1. The third-order valence-electron chi connectivity index (χ3n) is 5.83. The maximum Gasteiger partial charge on any atom is 0.254 e. The molecule has 1 aliphatic rings. The molecule has 2 amide bonds. The molecule has 1 atom stereocenters. The summed E-state index contributed by atoms with van der Waals surface area (Å²) in [7, 11) is 0. The van der Waals surface area contributed by atoms with Crippen molar-refractivity contribution in [3.63, 3.8) is 0 Å². The number of amides is 2. The van der Waals surface area contributed by atoms with Crippen molar-refractivity contribution in [1.29, 1.82) is 0 Å². The lowest BCUT2D eigenvalue weighted by Gasteiger charge is -2.37. The van der Waals surface area contributed by atoms with Gasteiger partial charge < -0.3 is 14.5 Å². The van der Waals surface area contributed by atoms with Crippen LogP contribution in [0.1, 0.15) is 40.7 Å². The Hall–Kier alpha value is -3.19. The second kappa shape index (κ2) is 10.2. The maximum atomic E-state index is 13.7. The summed E-state index contributed by atoms with van der Waals surface area (Å²) in [5, 5.41) is 2.04. The number of benzene rings is 2. The van der Waals surface area contributed by atoms with E-state index < -0.39 is 5.82 Å². The minimum Gasteiger partial charge on any atom is -0.491 e. The Kier molecular flexibility index (Phi) is 7.08. The molecular formula is C26H27FN2O3S. The summed E-state index contributed by atoms with van der Waals surface area (Å²) in [4.78, 5) is 31.1. The lowest BCUT2D eigenvalue weighted by molar-refractivity contribution is -0.136. The molecule has 2 aromatic carbocycles. The molecule has 3 aromatic rings. The van der Waals surface area contributed by atoms with Gasteiger partial charge in [0.05, 0.1) is 6.04 Å². The van der Waals surface area contributed by atoms with E-state index >= 15 is 0 Å². The largest absolute Gasteiger partial charge is 0.491 e. The van der Waals surface area contributed by atoms with Crippen molar-refractivity contribution in [2.75, 3.05) is 19.7 Å². The second-order valence-electron chi connectivity index (χ2n) is 8.31. The molecule has 7 heteroatoms. The number of carbonyl (C=O) groups is 2. The van der Waals surface area contributed by atoms with E-state index in [2.05, 4.69) is 6.07 Å². The molecule has 33 heavy (non-hydrogen) atoms. The molecule has 5 nitrogen and oxygen atoms in total. The topological polar surface area (TPSA) is 49.9 Å². The number of nitrogens with zero attached hydrogens (tertiary/aromatic N) is 2. The van der Waals surface area contributed by atoms with Crippen LogP contribution >= 0.6 is 11.3 Å². The van der Waals surface area contributed by atoms with Crippen LogP contribution < -0.4 is 4.74 Å². The molecule has 0 N–H and O–H groups in total. The van der Waals surface area contributed by atoms with Gasteiger partial charge in [-0.2, -0.15) is 0 Å². The number of rotatable bonds is 7. The van der Waals surface area contributed by atoms with Gasteiger partial charge in [0, 0.05) is 23.0 Å². The molecule has 0 bridgehead atoms. The van der Waals surface area contributed by atoms with Crippen LogP contribution in [0.4, 0.5) is 4.39 Å². The SMILES string of the molecule is CC(C)N(CC(=O)N1CCc2sccc2[C@@H]1COc1ccccc1)C(=O)c1cccc(F)c1. The maximum absolute atomic E-state index is 13.7. The quantitative estimate of drug-likeness (QED) is 0.495. The molecule has 0 spiro atoms. The molecule has 4 rings (SSSR count). The Morgan fingerprint density at radius 1 is 1.15 bits per heavy atom. The van der Waals surface area contributed by atoms with Crippen LogP contribution in [-0.2, 0) is 11.2 Å². The van der Waals surface area contributed by atoms with Crippen LogP contribution in [0.25, 0.3) is 0 Å². The van der Waals surface area contributed by atoms with Gasteiger partial charge >= 0.3 is 0 Å². The first-order valence-electron chi connectivity index (χ1n) is 11.0. The van der Waals surface area contributed by atoms with Crippen molar-refractivity contribution in [2.45, 2.75) is 32.4 Å². The molecule has 1 aromatic heterocycles. The van der Waals surface area contributed by atoms with E-state index in [1.54, 1.807) is 17.4 Å². The fourth-order valence-corrected chi connectivity index (χ4v) is 5.01. The van der Waals surface area contributed by atoms with E-state index in [0.717, 1.165) is 17.7 Å². The molecule has 0 radical (unpaired) electrons. The minimum atomic E-state index is -0.477. The van der Waals surface area contributed by atoms with E-state index in [1.807, 2.05) is 54.5 Å². The highest BCUT2D eigenvalue weighted by molar-refractivity contribution is 7.10. The second-order valence-corrected chi connectivity index (χ2v) is 9.31. The predicted octanol–water partition coefficient (Wildman–Crippen LogP) is 4.94. The highest BCUT2D eigenvalue weighted by atomic mass is 32.1. The lowest BCUT2D eigenvalue weighted by atomic mass is 10.00. The fourth-order valence-electron chi connectivity index (χ4n) is 4.08. The number of fused-ring (bicyclic) bond motifs is 1. The summed E-state index contributed by atoms with van der Waals surface area (Å²) in [5.74, 6) is -0.234. The average Bonchev–Trinajstić information content (AvgIpc) is 3.30. The zero-order valence-electron chi connectivity index (χ0n) is 18.7. The Bertz CT molecular complexity index is 1120. The van der Waals surface area contributed by atoms with Crippen LogP contribution in [0.2, 0.25) is 0 Å². The number of ether oxygens (including phenoxy) is 1. The van der Waals surface area contributed by atoms with Crippen LogP contribution in [0.3, 0.4) is 0 Å². The van der Waals surface area contributed by atoms with Gasteiger partial charge in [-0.25, -0.2) is 4.39 Å². The fraction of sp³-hybridized carbons (Fsp3) is 0.308. The molecular weight excluding hydrogens is 439 g/mol. The van der Waals surface area contributed by atoms with Crippen molar-refractivity contribution in [2.24, 2.45) is 0 Å². The van der Waals surface area contributed by atoms with Crippen molar-refractivity contribution in [1.82, 2.24) is 9.80 Å². The standard InChI is InChI=1S/C26H27FN2O3S/c1-18(2)29(26(31)19-7-6-8-20(27)15-19)16-25(30)28-13-11-24-22(12-14-33-24)23(28)17-32-21-9-4-3-5-10-21/h3-10,12,14-15,18,23H,11,13,16-17H2,1-2H3/t23-/m0/s1. The lowest BCUT2D eigenvalue weighted by Crippen LogP contribution is -2.49. The molecule has 0 saturated heterocycles. The van der Waals surface area contributed by atoms with Crippen molar-refractivity contribution >= 4 is 23.2 Å². The normalized spacial score (nSPS) is 15.3. The van der Waals surface area contributed by atoms with Gasteiger partial charge in [-0.1, -0.05) is 24.3 Å². The summed E-state index contributed by atoms with van der Waals surface area (Å²) >= 11 is 1.69. The van der Waals surface area contributed by atoms with Gasteiger partial charge in [-0.15, -0.1) is 11.3 Å². The zero-order chi connectivity index (χ0) is 23.4. The molecule has 0 fully saturated rings. The summed E-state index contributed by atoms with van der Waals surface area (Å²) in [5.41, 5.74) is 1.34. The molecule has 0 saturated carbocycles. The molecule has 172 valence electrons. The van der Waals surface area contributed by atoms with Crippen LogP contribution in [0, 0.1) is 5.82 Å². The molecule has 0 unspecified atom stereocenters. The van der Waals surface area contributed by atoms with Crippen molar-refractivity contribution in [3.8, 4) is 5.75 Å². The van der Waals surface area contributed by atoms with E-state index in [0.29, 0.717) is 13.2 Å². The first kappa shape index (κ1) is 23.0. The number of carbonyl (C=O) groups excluding carboxylic acids is 2. The van der Waals surface area contributed by atoms with Crippen molar-refractivity contribution in [3.05, 3.63) is 87.9 Å². The zero-order valence-corrected chi connectivity index (χ0v) is 19.6. The van der Waals surface area contributed by atoms with E-state index in [-0.39, 0.29) is 36.0 Å². The highest BCUT2D eigenvalue weighted by Crippen LogP contribution is 2.34. The summed E-state index contributed by atoms with van der Waals surface area (Å²) in [6.07, 6.45) is 0.778. The number of thiophene rings is 1. The monoisotopic (exact) mass is 466 g/mol. The average molecular weight is 467 g/mol. The van der Waals surface area contributed by atoms with Gasteiger partial charge in [0.25, 0.3) is 5.91 Å². The number of halogens is 1. The van der Waals surface area contributed by atoms with E-state index in [9.17, 15) is 14.0 Å². The Morgan fingerprint density at radius 2 is 1.94 bits per heavy atom. The highest BCUT2D eigenvalue weighted by Gasteiger charge is 2.34. The van der Waals surface area contributed by atoms with Gasteiger partial charge in [0.2, 0.25) is 5.91 Å². The van der Waals surface area contributed by atoms with Crippen molar-refractivity contribution < 1.29 is 18.7 Å². The first-order chi connectivity index (χ1) is 15.9. The minimum absolute atomic E-state index is 0.0751. The van der Waals surface area contributed by atoms with E-state index in [4.69, 9.17) is 4.74 Å². The smallest absolute Gasteiger partial charge is 0.254 e. The Labute approximate surface area is 197 Å². The van der Waals surface area contributed by atoms with Gasteiger partial charge in [-0.05, 0) is 67.6 Å². The third kappa shape index (κ3) is 5.25. The Morgan fingerprint density at radius 3 is 2.67 bits per heavy atom. The number of hydrogen-bond acceptors (Lipinski definition) is 4. The van der Waals surface area contributed by atoms with Crippen LogP contribution in [0.15, 0.2) is 66.0 Å². The first-order valence-corrected chi connectivity index (χ1v) is 11.9.